The summed E-state index contributed by atoms with van der Waals surface area (Å²) in [5.41, 5.74) is 13.5. The van der Waals surface area contributed by atoms with Gasteiger partial charge in [0.2, 0.25) is 0 Å². The number of rotatable bonds is 6. The maximum atomic E-state index is 6.67. The van der Waals surface area contributed by atoms with E-state index in [1.54, 1.807) is 4.52 Å². The molecule has 186 valence electrons. The van der Waals surface area contributed by atoms with Crippen LogP contribution in [0.1, 0.15) is 5.56 Å². The summed E-state index contributed by atoms with van der Waals surface area (Å²) in [5, 5.41) is 4.62. The fourth-order valence-electron chi connectivity index (χ4n) is 4.84. The van der Waals surface area contributed by atoms with Crippen molar-refractivity contribution in [2.24, 2.45) is 0 Å². The predicted octanol–water partition coefficient (Wildman–Crippen LogP) is 4.98. The summed E-state index contributed by atoms with van der Waals surface area (Å²) in [7, 11) is 2.17. The van der Waals surface area contributed by atoms with Crippen LogP contribution >= 0.6 is 0 Å². The SMILES string of the molecule is CN1CCN(c2cccc(-c3cnn4c(N)c(-c5ccccc5OCc5ccccc5)cnc34)c2)CC1. The molecule has 0 aliphatic carbocycles. The van der Waals surface area contributed by atoms with E-state index in [1.807, 2.05) is 54.9 Å². The Labute approximate surface area is 216 Å². The number of nitrogen functional groups attached to an aromatic ring is 1. The highest BCUT2D eigenvalue weighted by atomic mass is 16.5. The molecule has 1 aliphatic rings. The molecule has 3 heterocycles. The van der Waals surface area contributed by atoms with Crippen molar-refractivity contribution in [3.05, 3.63) is 96.8 Å². The number of para-hydroxylation sites is 1. The van der Waals surface area contributed by atoms with Crippen LogP contribution in [0.15, 0.2) is 91.3 Å². The van der Waals surface area contributed by atoms with Gasteiger partial charge in [0.05, 0.1) is 6.20 Å². The van der Waals surface area contributed by atoms with Gasteiger partial charge in [-0.2, -0.15) is 9.61 Å². The first kappa shape index (κ1) is 23.1. The Kier molecular flexibility index (Phi) is 6.20. The third kappa shape index (κ3) is 4.61. The molecule has 0 amide bonds. The van der Waals surface area contributed by atoms with Crippen LogP contribution in [0.2, 0.25) is 0 Å². The maximum absolute atomic E-state index is 6.67. The molecule has 1 saturated heterocycles. The van der Waals surface area contributed by atoms with Crippen molar-refractivity contribution in [3.63, 3.8) is 0 Å². The minimum atomic E-state index is 0.475. The van der Waals surface area contributed by atoms with Crippen LogP contribution in [0.4, 0.5) is 11.5 Å². The van der Waals surface area contributed by atoms with Gasteiger partial charge in [-0.25, -0.2) is 4.98 Å². The van der Waals surface area contributed by atoms with Crippen LogP contribution in [0.25, 0.3) is 27.9 Å². The topological polar surface area (TPSA) is 71.9 Å². The smallest absolute Gasteiger partial charge is 0.165 e. The summed E-state index contributed by atoms with van der Waals surface area (Å²) in [6.45, 7) is 4.66. The number of nitrogens with two attached hydrogens (primary N) is 1. The van der Waals surface area contributed by atoms with Crippen molar-refractivity contribution in [1.29, 1.82) is 0 Å². The fourth-order valence-corrected chi connectivity index (χ4v) is 4.84. The molecule has 6 rings (SSSR count). The van der Waals surface area contributed by atoms with Gasteiger partial charge in [0, 0.05) is 54.8 Å². The van der Waals surface area contributed by atoms with Crippen LogP contribution < -0.4 is 15.4 Å². The molecule has 37 heavy (non-hydrogen) atoms. The molecule has 1 fully saturated rings. The van der Waals surface area contributed by atoms with Gasteiger partial charge >= 0.3 is 0 Å². The van der Waals surface area contributed by atoms with E-state index in [0.29, 0.717) is 12.4 Å². The summed E-state index contributed by atoms with van der Waals surface area (Å²) < 4.78 is 7.90. The zero-order chi connectivity index (χ0) is 25.2. The molecule has 7 heteroatoms. The molecule has 7 nitrogen and oxygen atoms in total. The third-order valence-electron chi connectivity index (χ3n) is 7.00. The largest absolute Gasteiger partial charge is 0.488 e. The molecule has 0 unspecified atom stereocenters. The van der Waals surface area contributed by atoms with Crippen molar-refractivity contribution < 1.29 is 4.74 Å². The highest BCUT2D eigenvalue weighted by molar-refractivity contribution is 5.84. The number of aromatic nitrogens is 3. The van der Waals surface area contributed by atoms with E-state index in [9.17, 15) is 0 Å². The first-order chi connectivity index (χ1) is 18.2. The Morgan fingerprint density at radius 1 is 0.811 bits per heavy atom. The molecule has 3 aromatic carbocycles. The second-order valence-electron chi connectivity index (χ2n) is 9.46. The van der Waals surface area contributed by atoms with Gasteiger partial charge in [0.15, 0.2) is 5.65 Å². The fraction of sp³-hybridized carbons (Fsp3) is 0.200. The lowest BCUT2D eigenvalue weighted by Gasteiger charge is -2.34. The van der Waals surface area contributed by atoms with E-state index < -0.39 is 0 Å². The van der Waals surface area contributed by atoms with Crippen LogP contribution in [-0.2, 0) is 6.61 Å². The number of piperazine rings is 1. The quantitative estimate of drug-likeness (QED) is 0.362. The lowest BCUT2D eigenvalue weighted by molar-refractivity contribution is 0.307. The molecular formula is C30H30N6O. The van der Waals surface area contributed by atoms with E-state index in [4.69, 9.17) is 15.5 Å². The number of fused-ring (bicyclic) bond motifs is 1. The molecule has 2 aromatic heterocycles. The lowest BCUT2D eigenvalue weighted by Crippen LogP contribution is -2.44. The van der Waals surface area contributed by atoms with Crippen LogP contribution in [-0.4, -0.2) is 52.7 Å². The normalized spacial score (nSPS) is 14.2. The van der Waals surface area contributed by atoms with Gasteiger partial charge in [0.25, 0.3) is 0 Å². The van der Waals surface area contributed by atoms with Crippen LogP contribution in [0.5, 0.6) is 5.75 Å². The standard InChI is InChI=1S/C30H30N6O/c1-34-14-16-35(17-15-34)24-11-7-10-23(18-24)26-20-33-36-29(31)27(19-32-30(26)36)25-12-5-6-13-28(25)37-21-22-8-3-2-4-9-22/h2-13,18-20H,14-17,21,31H2,1H3. The van der Waals surface area contributed by atoms with Gasteiger partial charge in [-0.1, -0.05) is 60.7 Å². The molecule has 0 bridgehead atoms. The van der Waals surface area contributed by atoms with Crippen molar-refractivity contribution >= 4 is 17.2 Å². The molecule has 1 aliphatic heterocycles. The number of hydrogen-bond donors (Lipinski definition) is 1. The summed E-state index contributed by atoms with van der Waals surface area (Å²) >= 11 is 0. The Morgan fingerprint density at radius 3 is 2.43 bits per heavy atom. The highest BCUT2D eigenvalue weighted by Crippen LogP contribution is 2.36. The molecule has 0 atom stereocenters. The van der Waals surface area contributed by atoms with Gasteiger partial charge in [0.1, 0.15) is 18.2 Å². The van der Waals surface area contributed by atoms with Crippen molar-refractivity contribution in [1.82, 2.24) is 19.5 Å². The maximum Gasteiger partial charge on any atom is 0.165 e. The van der Waals surface area contributed by atoms with Gasteiger partial charge in [-0.15, -0.1) is 0 Å². The van der Waals surface area contributed by atoms with E-state index >= 15 is 0 Å². The number of ether oxygens (including phenoxy) is 1. The Morgan fingerprint density at radius 2 is 1.59 bits per heavy atom. The number of hydrogen-bond acceptors (Lipinski definition) is 6. The lowest BCUT2D eigenvalue weighted by atomic mass is 10.1. The second kappa shape index (κ2) is 9.95. The summed E-state index contributed by atoms with van der Waals surface area (Å²) in [4.78, 5) is 9.60. The minimum absolute atomic E-state index is 0.475. The Hall–Kier alpha value is -4.36. The molecule has 0 saturated carbocycles. The van der Waals surface area contributed by atoms with Crippen molar-refractivity contribution in [2.75, 3.05) is 43.9 Å². The minimum Gasteiger partial charge on any atom is -0.488 e. The second-order valence-corrected chi connectivity index (χ2v) is 9.46. The van der Waals surface area contributed by atoms with E-state index in [0.717, 1.165) is 65.4 Å². The predicted molar refractivity (Wildman–Crippen MR) is 149 cm³/mol. The summed E-state index contributed by atoms with van der Waals surface area (Å²) in [6.07, 6.45) is 3.67. The van der Waals surface area contributed by atoms with Crippen LogP contribution in [0.3, 0.4) is 0 Å². The summed E-state index contributed by atoms with van der Waals surface area (Å²) in [6, 6.07) is 26.6. The van der Waals surface area contributed by atoms with Gasteiger partial charge in [-0.05, 0) is 36.4 Å². The van der Waals surface area contributed by atoms with E-state index in [-0.39, 0.29) is 0 Å². The molecule has 0 radical (unpaired) electrons. The average molecular weight is 491 g/mol. The Bertz CT molecular complexity index is 1520. The van der Waals surface area contributed by atoms with E-state index in [2.05, 4.69) is 58.3 Å². The molecule has 5 aromatic rings. The van der Waals surface area contributed by atoms with Crippen molar-refractivity contribution in [3.8, 4) is 28.0 Å². The van der Waals surface area contributed by atoms with Gasteiger partial charge in [-0.3, -0.25) is 0 Å². The number of benzene rings is 3. The van der Waals surface area contributed by atoms with Gasteiger partial charge < -0.3 is 20.3 Å². The van der Waals surface area contributed by atoms with Crippen LogP contribution in [0, 0.1) is 0 Å². The number of likely N-dealkylation sites (N-methyl/N-ethyl adjacent to an activating group) is 1. The molecular weight excluding hydrogens is 460 g/mol. The molecule has 2 N–H and O–H groups in total. The zero-order valence-electron chi connectivity index (χ0n) is 20.9. The monoisotopic (exact) mass is 490 g/mol. The molecule has 0 spiro atoms. The highest BCUT2D eigenvalue weighted by Gasteiger charge is 2.18. The summed E-state index contributed by atoms with van der Waals surface area (Å²) in [5.74, 6) is 1.29. The first-order valence-corrected chi connectivity index (χ1v) is 12.6. The zero-order valence-corrected chi connectivity index (χ0v) is 20.9. The number of nitrogens with zero attached hydrogens (tertiary/aromatic N) is 5. The van der Waals surface area contributed by atoms with E-state index in [1.165, 1.54) is 5.69 Å². The number of anilines is 2. The first-order valence-electron chi connectivity index (χ1n) is 12.6. The van der Waals surface area contributed by atoms with Crippen molar-refractivity contribution in [2.45, 2.75) is 6.61 Å². The third-order valence-corrected chi connectivity index (χ3v) is 7.00. The average Bonchev–Trinajstić information content (AvgIpc) is 3.39. The Balaban J connectivity index is 1.32.